The second-order valence-electron chi connectivity index (χ2n) is 2.96. The van der Waals surface area contributed by atoms with Crippen LogP contribution in [0, 0.1) is 0 Å². The van der Waals surface area contributed by atoms with E-state index in [1.807, 2.05) is 26.0 Å². The van der Waals surface area contributed by atoms with Crippen molar-refractivity contribution in [3.8, 4) is 0 Å². The van der Waals surface area contributed by atoms with Gasteiger partial charge in [-0.15, -0.1) is 0 Å². The first-order valence-electron chi connectivity index (χ1n) is 4.72. The monoisotopic (exact) mass is 211 g/mol. The van der Waals surface area contributed by atoms with Crippen molar-refractivity contribution in [1.29, 1.82) is 0 Å². The molecule has 0 saturated heterocycles. The molecule has 76 valence electrons. The van der Waals surface area contributed by atoms with Gasteiger partial charge < -0.3 is 4.90 Å². The van der Waals surface area contributed by atoms with Crippen molar-refractivity contribution in [3.63, 3.8) is 0 Å². The molecule has 1 aliphatic rings. The van der Waals surface area contributed by atoms with E-state index in [2.05, 4.69) is 0 Å². The second-order valence-corrected chi connectivity index (χ2v) is 3.40. The molecule has 0 spiro atoms. The van der Waals surface area contributed by atoms with Crippen molar-refractivity contribution in [1.82, 2.24) is 4.90 Å². The number of rotatable bonds is 0. The summed E-state index contributed by atoms with van der Waals surface area (Å²) in [6.07, 6.45) is 0. The lowest BCUT2D eigenvalue weighted by molar-refractivity contribution is 0.0816. The van der Waals surface area contributed by atoms with E-state index < -0.39 is 0 Å². The Kier molecular flexibility index (Phi) is 3.53. The third-order valence-corrected chi connectivity index (χ3v) is 2.29. The predicted octanol–water partition coefficient (Wildman–Crippen LogP) is 2.95. The van der Waals surface area contributed by atoms with Gasteiger partial charge in [0.2, 0.25) is 0 Å². The molecule has 0 unspecified atom stereocenters. The summed E-state index contributed by atoms with van der Waals surface area (Å²) in [6, 6.07) is 5.44. The molecule has 0 fully saturated rings. The van der Waals surface area contributed by atoms with Gasteiger partial charge in [-0.05, 0) is 17.7 Å². The average molecular weight is 212 g/mol. The van der Waals surface area contributed by atoms with Crippen molar-refractivity contribution in [3.05, 3.63) is 34.3 Å². The smallest absolute Gasteiger partial charge is 0.254 e. The Balaban J connectivity index is 0.000000461. The van der Waals surface area contributed by atoms with Crippen LogP contribution >= 0.6 is 11.6 Å². The number of halogens is 1. The first-order valence-corrected chi connectivity index (χ1v) is 5.10. The van der Waals surface area contributed by atoms with Gasteiger partial charge >= 0.3 is 0 Å². The Bertz CT molecular complexity index is 349. The van der Waals surface area contributed by atoms with Crippen molar-refractivity contribution >= 4 is 17.5 Å². The molecule has 0 radical (unpaired) electrons. The lowest BCUT2D eigenvalue weighted by Crippen LogP contribution is -2.17. The summed E-state index contributed by atoms with van der Waals surface area (Å²) < 4.78 is 0. The van der Waals surface area contributed by atoms with Gasteiger partial charge in [-0.3, -0.25) is 4.79 Å². The fourth-order valence-corrected chi connectivity index (χ4v) is 1.59. The summed E-state index contributed by atoms with van der Waals surface area (Å²) >= 11 is 5.77. The molecule has 1 heterocycles. The molecular weight excluding hydrogens is 198 g/mol. The number of hydrogen-bond donors (Lipinski definition) is 0. The second kappa shape index (κ2) is 4.47. The molecule has 0 aliphatic carbocycles. The van der Waals surface area contributed by atoms with E-state index in [-0.39, 0.29) is 5.91 Å². The highest BCUT2D eigenvalue weighted by Crippen LogP contribution is 2.24. The molecule has 0 atom stereocenters. The van der Waals surface area contributed by atoms with Crippen LogP contribution in [0.1, 0.15) is 29.8 Å². The largest absolute Gasteiger partial charge is 0.337 e. The maximum absolute atomic E-state index is 11.4. The van der Waals surface area contributed by atoms with Crippen LogP contribution in [0.3, 0.4) is 0 Å². The topological polar surface area (TPSA) is 20.3 Å². The Labute approximate surface area is 89.5 Å². The lowest BCUT2D eigenvalue weighted by atomic mass is 10.1. The zero-order chi connectivity index (χ0) is 10.7. The van der Waals surface area contributed by atoms with Crippen LogP contribution in [0.2, 0.25) is 5.02 Å². The lowest BCUT2D eigenvalue weighted by Gasteiger charge is -2.04. The van der Waals surface area contributed by atoms with Gasteiger partial charge in [0.05, 0.1) is 0 Å². The summed E-state index contributed by atoms with van der Waals surface area (Å²) in [5, 5.41) is 0.623. The predicted molar refractivity (Wildman–Crippen MR) is 58.6 cm³/mol. The van der Waals surface area contributed by atoms with Gasteiger partial charge in [0.25, 0.3) is 5.91 Å². The Hall–Kier alpha value is -1.02. The van der Waals surface area contributed by atoms with Crippen LogP contribution in [0.5, 0.6) is 0 Å². The first kappa shape index (κ1) is 11.1. The van der Waals surface area contributed by atoms with Crippen LogP contribution < -0.4 is 0 Å². The number of hydrogen-bond acceptors (Lipinski definition) is 1. The highest BCUT2D eigenvalue weighted by Gasteiger charge is 2.23. The zero-order valence-corrected chi connectivity index (χ0v) is 9.43. The normalized spacial score (nSPS) is 13.4. The molecule has 1 amide bonds. The first-order chi connectivity index (χ1) is 6.68. The van der Waals surface area contributed by atoms with Crippen molar-refractivity contribution < 1.29 is 4.79 Å². The van der Waals surface area contributed by atoms with E-state index in [1.54, 1.807) is 18.0 Å². The van der Waals surface area contributed by atoms with Crippen LogP contribution in [-0.4, -0.2) is 17.9 Å². The third kappa shape index (κ3) is 1.90. The minimum absolute atomic E-state index is 0.0625. The molecule has 2 rings (SSSR count). The van der Waals surface area contributed by atoms with Crippen LogP contribution in [0.25, 0.3) is 0 Å². The number of benzene rings is 1. The number of carbonyl (C=O) groups excluding carboxylic acids is 1. The van der Waals surface area contributed by atoms with Gasteiger partial charge in [-0.1, -0.05) is 31.5 Å². The maximum atomic E-state index is 11.4. The van der Waals surface area contributed by atoms with Gasteiger partial charge in [0.1, 0.15) is 0 Å². The average Bonchev–Trinajstić information content (AvgIpc) is 2.48. The fourth-order valence-electron chi connectivity index (χ4n) is 1.42. The summed E-state index contributed by atoms with van der Waals surface area (Å²) in [4.78, 5) is 13.1. The number of nitrogens with zero attached hydrogens (tertiary/aromatic N) is 1. The van der Waals surface area contributed by atoms with Crippen LogP contribution in [0.15, 0.2) is 18.2 Å². The van der Waals surface area contributed by atoms with Gasteiger partial charge in [-0.25, -0.2) is 0 Å². The summed E-state index contributed by atoms with van der Waals surface area (Å²) in [5.41, 5.74) is 1.80. The summed E-state index contributed by atoms with van der Waals surface area (Å²) in [7, 11) is 1.79. The van der Waals surface area contributed by atoms with Crippen molar-refractivity contribution in [2.24, 2.45) is 0 Å². The molecular formula is C11H14ClNO. The maximum Gasteiger partial charge on any atom is 0.254 e. The number of fused-ring (bicyclic) bond motifs is 1. The quantitative estimate of drug-likeness (QED) is 0.646. The van der Waals surface area contributed by atoms with Gasteiger partial charge in [0.15, 0.2) is 0 Å². The molecule has 1 aliphatic heterocycles. The van der Waals surface area contributed by atoms with E-state index >= 15 is 0 Å². The van der Waals surface area contributed by atoms with E-state index in [9.17, 15) is 4.79 Å². The molecule has 0 N–H and O–H groups in total. The molecule has 1 aromatic carbocycles. The minimum Gasteiger partial charge on any atom is -0.337 e. The molecule has 1 aromatic rings. The zero-order valence-electron chi connectivity index (χ0n) is 8.67. The van der Waals surface area contributed by atoms with Crippen LogP contribution in [-0.2, 0) is 6.54 Å². The van der Waals surface area contributed by atoms with E-state index in [1.165, 1.54) is 0 Å². The van der Waals surface area contributed by atoms with E-state index in [0.717, 1.165) is 11.1 Å². The molecule has 2 nitrogen and oxygen atoms in total. The molecule has 3 heteroatoms. The Morgan fingerprint density at radius 2 is 2.00 bits per heavy atom. The molecule has 0 saturated carbocycles. The Morgan fingerprint density at radius 3 is 2.64 bits per heavy atom. The highest BCUT2D eigenvalue weighted by molar-refractivity contribution is 6.31. The van der Waals surface area contributed by atoms with Gasteiger partial charge in [0, 0.05) is 24.2 Å². The van der Waals surface area contributed by atoms with Crippen molar-refractivity contribution in [2.75, 3.05) is 7.05 Å². The summed E-state index contributed by atoms with van der Waals surface area (Å²) in [5.74, 6) is 0.0625. The number of carbonyl (C=O) groups is 1. The van der Waals surface area contributed by atoms with Crippen molar-refractivity contribution in [2.45, 2.75) is 20.4 Å². The standard InChI is InChI=1S/C9H8ClNO.C2H6/c1-11-5-6-2-3-7(10)4-8(6)9(11)12;1-2/h2-4H,5H2,1H3;1-2H3. The highest BCUT2D eigenvalue weighted by atomic mass is 35.5. The Morgan fingerprint density at radius 1 is 1.36 bits per heavy atom. The minimum atomic E-state index is 0.0625. The third-order valence-electron chi connectivity index (χ3n) is 2.06. The SMILES string of the molecule is CC.CN1Cc2ccc(Cl)cc2C1=O. The molecule has 0 bridgehead atoms. The number of amides is 1. The summed E-state index contributed by atoms with van der Waals surface area (Å²) in [6.45, 7) is 4.70. The van der Waals surface area contributed by atoms with E-state index in [0.29, 0.717) is 11.6 Å². The van der Waals surface area contributed by atoms with Crippen LogP contribution in [0.4, 0.5) is 0 Å². The molecule has 0 aromatic heterocycles. The fraction of sp³-hybridized carbons (Fsp3) is 0.364. The van der Waals surface area contributed by atoms with E-state index in [4.69, 9.17) is 11.6 Å². The molecule has 14 heavy (non-hydrogen) atoms. The van der Waals surface area contributed by atoms with Gasteiger partial charge in [-0.2, -0.15) is 0 Å².